The van der Waals surface area contributed by atoms with E-state index >= 15 is 0 Å². The Kier molecular flexibility index (Phi) is 9.28. The number of benzene rings is 2. The zero-order valence-electron chi connectivity index (χ0n) is 18.6. The van der Waals surface area contributed by atoms with Gasteiger partial charge in [0.2, 0.25) is 17.8 Å². The van der Waals surface area contributed by atoms with Gasteiger partial charge in [-0.05, 0) is 52.7 Å². The molecule has 2 aromatic carbocycles. The number of anilines is 4. The number of aromatic nitrogens is 3. The normalized spacial score (nSPS) is 13.5. The van der Waals surface area contributed by atoms with E-state index in [1.165, 1.54) is 0 Å². The summed E-state index contributed by atoms with van der Waals surface area (Å²) in [6.45, 7) is 4.55. The molecule has 9 nitrogen and oxygen atoms in total. The van der Waals surface area contributed by atoms with Gasteiger partial charge in [-0.3, -0.25) is 0 Å². The molecule has 34 heavy (non-hydrogen) atoms. The van der Waals surface area contributed by atoms with Crippen LogP contribution >= 0.6 is 39.9 Å². The smallest absolute Gasteiger partial charge is 0.250 e. The maximum Gasteiger partial charge on any atom is 0.250 e. The Morgan fingerprint density at radius 2 is 1.88 bits per heavy atom. The molecule has 0 spiro atoms. The molecule has 2 heterocycles. The molecular weight excluding hydrogens is 545 g/mol. The van der Waals surface area contributed by atoms with Gasteiger partial charge in [0, 0.05) is 28.1 Å². The van der Waals surface area contributed by atoms with E-state index in [0.29, 0.717) is 49.2 Å². The summed E-state index contributed by atoms with van der Waals surface area (Å²) in [7, 11) is 1.62. The minimum absolute atomic E-state index is 0. The Labute approximate surface area is 217 Å². The fourth-order valence-corrected chi connectivity index (χ4v) is 3.89. The van der Waals surface area contributed by atoms with E-state index in [2.05, 4.69) is 46.7 Å². The van der Waals surface area contributed by atoms with Crippen LogP contribution in [0.2, 0.25) is 5.02 Å². The van der Waals surface area contributed by atoms with E-state index in [4.69, 9.17) is 21.1 Å². The third-order valence-electron chi connectivity index (χ3n) is 4.92. The number of nitrogens with zero attached hydrogens (tertiary/aromatic N) is 5. The summed E-state index contributed by atoms with van der Waals surface area (Å²) < 4.78 is 11.7. The molecule has 4 rings (SSSR count). The zero-order valence-corrected chi connectivity index (χ0v) is 21.7. The summed E-state index contributed by atoms with van der Waals surface area (Å²) in [6.07, 6.45) is 1.65. The number of hydrogen-bond acceptors (Lipinski definition) is 9. The summed E-state index contributed by atoms with van der Waals surface area (Å²) in [6, 6.07) is 11.3. The van der Waals surface area contributed by atoms with Crippen LogP contribution in [0.25, 0.3) is 0 Å². The standard InChI is InChI=1S/C22H23BrClN7O2.ClH/c1-14-11-16(23)18(12-17(14)24)26-20-27-21(29-22(28-20)31-7-9-33-10-8-31)30-25-13-15-5-3-4-6-19(15)32-2;/h3-6,11-13H,7-10H2,1-2H3,(H2,26,27,28,29,30);1H/b25-13-;. The van der Waals surface area contributed by atoms with E-state index in [1.807, 2.05) is 48.2 Å². The van der Waals surface area contributed by atoms with Crippen molar-refractivity contribution in [2.24, 2.45) is 5.10 Å². The molecule has 2 N–H and O–H groups in total. The second-order valence-corrected chi connectivity index (χ2v) is 8.46. The van der Waals surface area contributed by atoms with Crippen molar-refractivity contribution in [3.63, 3.8) is 0 Å². The number of aryl methyl sites for hydroxylation is 1. The zero-order chi connectivity index (χ0) is 23.2. The quantitative estimate of drug-likeness (QED) is 0.302. The first-order valence-corrected chi connectivity index (χ1v) is 11.4. The number of nitrogens with one attached hydrogen (secondary N) is 2. The number of morpholine rings is 1. The summed E-state index contributed by atoms with van der Waals surface area (Å²) in [5, 5.41) is 8.15. The lowest BCUT2D eigenvalue weighted by atomic mass is 10.2. The number of halogens is 3. The number of methoxy groups -OCH3 is 1. The number of hydrazone groups is 1. The molecule has 1 aliphatic heterocycles. The third-order valence-corrected chi connectivity index (χ3v) is 5.98. The highest BCUT2D eigenvalue weighted by atomic mass is 79.9. The van der Waals surface area contributed by atoms with E-state index in [0.717, 1.165) is 27.0 Å². The van der Waals surface area contributed by atoms with Crippen molar-refractivity contribution < 1.29 is 9.47 Å². The largest absolute Gasteiger partial charge is 0.496 e. The van der Waals surface area contributed by atoms with Crippen molar-refractivity contribution in [1.29, 1.82) is 0 Å². The molecule has 0 atom stereocenters. The molecule has 12 heteroatoms. The average Bonchev–Trinajstić information content (AvgIpc) is 2.83. The van der Waals surface area contributed by atoms with Gasteiger partial charge in [0.05, 0.1) is 32.2 Å². The Balaban J connectivity index is 0.00000324. The topological polar surface area (TPSA) is 96.8 Å². The minimum atomic E-state index is 0. The molecule has 1 aliphatic rings. The monoisotopic (exact) mass is 567 g/mol. The Hall–Kier alpha value is -2.66. The lowest BCUT2D eigenvalue weighted by molar-refractivity contribution is 0.122. The van der Waals surface area contributed by atoms with Crippen LogP contribution in [0, 0.1) is 6.92 Å². The maximum atomic E-state index is 6.31. The lowest BCUT2D eigenvalue weighted by Gasteiger charge is -2.27. The second-order valence-electron chi connectivity index (χ2n) is 7.20. The Morgan fingerprint density at radius 1 is 1.15 bits per heavy atom. The number of ether oxygens (including phenoxy) is 2. The van der Waals surface area contributed by atoms with E-state index in [1.54, 1.807) is 13.3 Å². The molecule has 0 aliphatic carbocycles. The van der Waals surface area contributed by atoms with Gasteiger partial charge in [0.15, 0.2) is 0 Å². The van der Waals surface area contributed by atoms with Crippen molar-refractivity contribution in [2.75, 3.05) is 49.1 Å². The maximum absolute atomic E-state index is 6.31. The van der Waals surface area contributed by atoms with Gasteiger partial charge in [0.25, 0.3) is 0 Å². The van der Waals surface area contributed by atoms with Crippen LogP contribution in [0.4, 0.5) is 23.5 Å². The molecule has 0 radical (unpaired) electrons. The Bertz CT molecular complexity index is 1160. The molecule has 0 bridgehead atoms. The van der Waals surface area contributed by atoms with Gasteiger partial charge in [0.1, 0.15) is 5.75 Å². The van der Waals surface area contributed by atoms with Crippen LogP contribution in [0.3, 0.4) is 0 Å². The van der Waals surface area contributed by atoms with Crippen molar-refractivity contribution in [3.8, 4) is 5.75 Å². The molecule has 1 fully saturated rings. The van der Waals surface area contributed by atoms with Gasteiger partial charge in [-0.15, -0.1) is 12.4 Å². The average molecular weight is 569 g/mol. The van der Waals surface area contributed by atoms with E-state index < -0.39 is 0 Å². The molecule has 0 saturated carbocycles. The summed E-state index contributed by atoms with van der Waals surface area (Å²) in [5.41, 5.74) is 5.44. The number of rotatable bonds is 7. The van der Waals surface area contributed by atoms with Gasteiger partial charge < -0.3 is 19.7 Å². The van der Waals surface area contributed by atoms with Crippen LogP contribution in [0.1, 0.15) is 11.1 Å². The predicted octanol–water partition coefficient (Wildman–Crippen LogP) is 5.05. The summed E-state index contributed by atoms with van der Waals surface area (Å²) in [4.78, 5) is 15.7. The fraction of sp³-hybridized carbons (Fsp3) is 0.273. The van der Waals surface area contributed by atoms with Crippen LogP contribution in [0.15, 0.2) is 46.0 Å². The van der Waals surface area contributed by atoms with Crippen molar-refractivity contribution in [1.82, 2.24) is 15.0 Å². The molecule has 180 valence electrons. The van der Waals surface area contributed by atoms with E-state index in [-0.39, 0.29) is 12.4 Å². The third kappa shape index (κ3) is 6.47. The Morgan fingerprint density at radius 3 is 2.65 bits per heavy atom. The summed E-state index contributed by atoms with van der Waals surface area (Å²) >= 11 is 9.87. The van der Waals surface area contributed by atoms with Crippen molar-refractivity contribution >= 4 is 69.7 Å². The molecule has 3 aromatic rings. The summed E-state index contributed by atoms with van der Waals surface area (Å²) in [5.74, 6) is 1.91. The molecule has 0 unspecified atom stereocenters. The first-order valence-electron chi connectivity index (χ1n) is 10.3. The highest BCUT2D eigenvalue weighted by Crippen LogP contribution is 2.31. The van der Waals surface area contributed by atoms with E-state index in [9.17, 15) is 0 Å². The van der Waals surface area contributed by atoms with Crippen molar-refractivity contribution in [2.45, 2.75) is 6.92 Å². The fourth-order valence-electron chi connectivity index (χ4n) is 3.17. The van der Waals surface area contributed by atoms with Crippen LogP contribution in [-0.4, -0.2) is 54.6 Å². The highest BCUT2D eigenvalue weighted by molar-refractivity contribution is 9.10. The molecule has 1 saturated heterocycles. The first-order chi connectivity index (χ1) is 16.0. The SMILES string of the molecule is COc1ccccc1/C=N\Nc1nc(Nc2cc(Cl)c(C)cc2Br)nc(N2CCOCC2)n1.Cl. The second kappa shape index (κ2) is 12.2. The predicted molar refractivity (Wildman–Crippen MR) is 141 cm³/mol. The lowest BCUT2D eigenvalue weighted by Crippen LogP contribution is -2.37. The van der Waals surface area contributed by atoms with Crippen LogP contribution in [0.5, 0.6) is 5.75 Å². The first kappa shape index (κ1) is 26.0. The molecular formula is C22H24BrCl2N7O2. The number of hydrogen-bond donors (Lipinski definition) is 2. The van der Waals surface area contributed by atoms with Crippen LogP contribution < -0.4 is 20.4 Å². The van der Waals surface area contributed by atoms with Crippen molar-refractivity contribution in [3.05, 3.63) is 57.0 Å². The van der Waals surface area contributed by atoms with Gasteiger partial charge in [-0.25, -0.2) is 5.43 Å². The minimum Gasteiger partial charge on any atom is -0.496 e. The van der Waals surface area contributed by atoms with Gasteiger partial charge in [-0.1, -0.05) is 23.7 Å². The van der Waals surface area contributed by atoms with Gasteiger partial charge >= 0.3 is 0 Å². The molecule has 1 aromatic heterocycles. The highest BCUT2D eigenvalue weighted by Gasteiger charge is 2.17. The number of para-hydroxylation sites is 1. The van der Waals surface area contributed by atoms with Gasteiger partial charge in [-0.2, -0.15) is 20.1 Å². The molecule has 0 amide bonds. The van der Waals surface area contributed by atoms with Crippen LogP contribution in [-0.2, 0) is 4.74 Å².